The van der Waals surface area contributed by atoms with Crippen molar-refractivity contribution >= 4 is 6.09 Å². The zero-order valence-corrected chi connectivity index (χ0v) is 14.8. The summed E-state index contributed by atoms with van der Waals surface area (Å²) >= 11 is 0. The van der Waals surface area contributed by atoms with E-state index in [1.807, 2.05) is 27.7 Å². The van der Waals surface area contributed by atoms with Gasteiger partial charge in [0.05, 0.1) is 6.61 Å². The van der Waals surface area contributed by atoms with Crippen molar-refractivity contribution in [1.29, 1.82) is 0 Å². The second-order valence-electron chi connectivity index (χ2n) is 6.94. The van der Waals surface area contributed by atoms with Crippen LogP contribution in [0.2, 0.25) is 0 Å². The summed E-state index contributed by atoms with van der Waals surface area (Å²) in [4.78, 5) is 11.7. The van der Waals surface area contributed by atoms with Gasteiger partial charge in [-0.05, 0) is 47.0 Å². The van der Waals surface area contributed by atoms with Crippen molar-refractivity contribution < 1.29 is 14.3 Å². The van der Waals surface area contributed by atoms with Crippen molar-refractivity contribution in [2.45, 2.75) is 72.6 Å². The number of hydrogen-bond acceptors (Lipinski definition) is 4. The smallest absolute Gasteiger partial charge is 0.407 e. The van der Waals surface area contributed by atoms with E-state index in [4.69, 9.17) is 9.47 Å². The van der Waals surface area contributed by atoms with E-state index in [0.717, 1.165) is 13.0 Å². The summed E-state index contributed by atoms with van der Waals surface area (Å²) < 4.78 is 10.7. The Kier molecular flexibility index (Phi) is 9.62. The molecule has 5 nitrogen and oxygen atoms in total. The van der Waals surface area contributed by atoms with Crippen LogP contribution in [-0.2, 0) is 9.47 Å². The minimum Gasteiger partial charge on any atom is -0.444 e. The first-order chi connectivity index (χ1) is 9.64. The number of rotatable bonds is 9. The van der Waals surface area contributed by atoms with Gasteiger partial charge >= 0.3 is 6.09 Å². The summed E-state index contributed by atoms with van der Waals surface area (Å²) in [6.07, 6.45) is 0.627. The molecule has 2 N–H and O–H groups in total. The summed E-state index contributed by atoms with van der Waals surface area (Å²) in [5.41, 5.74) is -0.465. The van der Waals surface area contributed by atoms with Crippen molar-refractivity contribution in [1.82, 2.24) is 10.6 Å². The molecule has 21 heavy (non-hydrogen) atoms. The second kappa shape index (κ2) is 10.0. The van der Waals surface area contributed by atoms with E-state index in [1.165, 1.54) is 0 Å². The lowest BCUT2D eigenvalue weighted by atomic mass is 10.0. The van der Waals surface area contributed by atoms with Crippen LogP contribution < -0.4 is 10.6 Å². The van der Waals surface area contributed by atoms with Crippen LogP contribution in [0.15, 0.2) is 0 Å². The third-order valence-electron chi connectivity index (χ3n) is 2.74. The second-order valence-corrected chi connectivity index (χ2v) is 6.94. The average molecular weight is 302 g/mol. The summed E-state index contributed by atoms with van der Waals surface area (Å²) in [7, 11) is 0. The van der Waals surface area contributed by atoms with Gasteiger partial charge in [-0.15, -0.1) is 0 Å². The van der Waals surface area contributed by atoms with Gasteiger partial charge in [-0.3, -0.25) is 0 Å². The molecule has 0 saturated carbocycles. The SMILES string of the molecule is CCOCC(C)NC(CNC(=O)OC(C)(C)C)CC(C)C. The molecule has 0 bridgehead atoms. The molecular formula is C16H34N2O3. The molecule has 5 heteroatoms. The lowest BCUT2D eigenvalue weighted by Crippen LogP contribution is -2.47. The largest absolute Gasteiger partial charge is 0.444 e. The zero-order chi connectivity index (χ0) is 16.5. The van der Waals surface area contributed by atoms with Gasteiger partial charge in [0.2, 0.25) is 0 Å². The average Bonchev–Trinajstić information content (AvgIpc) is 2.30. The van der Waals surface area contributed by atoms with Crippen LogP contribution in [-0.4, -0.2) is 43.5 Å². The van der Waals surface area contributed by atoms with Gasteiger partial charge in [0.1, 0.15) is 5.60 Å². The monoisotopic (exact) mass is 302 g/mol. The van der Waals surface area contributed by atoms with Crippen LogP contribution in [0.1, 0.15) is 54.9 Å². The number of carbonyl (C=O) groups is 1. The lowest BCUT2D eigenvalue weighted by Gasteiger charge is -2.26. The lowest BCUT2D eigenvalue weighted by molar-refractivity contribution is 0.0518. The molecule has 0 aromatic rings. The maximum absolute atomic E-state index is 11.7. The number of hydrogen-bond donors (Lipinski definition) is 2. The van der Waals surface area contributed by atoms with Crippen molar-refractivity contribution in [2.75, 3.05) is 19.8 Å². The molecule has 0 heterocycles. The van der Waals surface area contributed by atoms with E-state index >= 15 is 0 Å². The number of nitrogens with one attached hydrogen (secondary N) is 2. The van der Waals surface area contributed by atoms with Crippen LogP contribution in [0.4, 0.5) is 4.79 Å². The summed E-state index contributed by atoms with van der Waals surface area (Å²) in [6, 6.07) is 0.474. The third kappa shape index (κ3) is 12.6. The molecule has 0 saturated heterocycles. The highest BCUT2D eigenvalue weighted by molar-refractivity contribution is 5.67. The fraction of sp³-hybridized carbons (Fsp3) is 0.938. The highest BCUT2D eigenvalue weighted by atomic mass is 16.6. The number of ether oxygens (including phenoxy) is 2. The molecule has 0 aromatic carbocycles. The molecule has 0 rings (SSSR count). The Labute approximate surface area is 130 Å². The van der Waals surface area contributed by atoms with Crippen molar-refractivity contribution in [3.63, 3.8) is 0 Å². The Morgan fingerprint density at radius 2 is 1.81 bits per heavy atom. The quantitative estimate of drug-likeness (QED) is 0.687. The maximum Gasteiger partial charge on any atom is 0.407 e. The Morgan fingerprint density at radius 1 is 1.19 bits per heavy atom. The van der Waals surface area contributed by atoms with Crippen molar-refractivity contribution in [3.8, 4) is 0 Å². The first-order valence-electron chi connectivity index (χ1n) is 7.94. The number of alkyl carbamates (subject to hydrolysis) is 1. The minimum absolute atomic E-state index is 0.216. The topological polar surface area (TPSA) is 59.6 Å². The molecule has 1 amide bonds. The van der Waals surface area contributed by atoms with E-state index in [0.29, 0.717) is 19.1 Å². The highest BCUT2D eigenvalue weighted by Crippen LogP contribution is 2.08. The maximum atomic E-state index is 11.7. The predicted octanol–water partition coefficient (Wildman–Crippen LogP) is 2.94. The van der Waals surface area contributed by atoms with E-state index in [1.54, 1.807) is 0 Å². The van der Waals surface area contributed by atoms with Gasteiger partial charge in [0, 0.05) is 25.2 Å². The van der Waals surface area contributed by atoms with Gasteiger partial charge in [0.15, 0.2) is 0 Å². The molecule has 2 unspecified atom stereocenters. The standard InChI is InChI=1S/C16H34N2O3/c1-8-20-11-13(4)18-14(9-12(2)3)10-17-15(19)21-16(5,6)7/h12-14,18H,8-11H2,1-7H3,(H,17,19). The normalized spacial score (nSPS) is 14.9. The molecule has 0 aliphatic carbocycles. The van der Waals surface area contributed by atoms with Gasteiger partial charge in [0.25, 0.3) is 0 Å². The van der Waals surface area contributed by atoms with E-state index in [-0.39, 0.29) is 18.2 Å². The fourth-order valence-electron chi connectivity index (χ4n) is 2.05. The number of carbonyl (C=O) groups excluding carboxylic acids is 1. The van der Waals surface area contributed by atoms with Gasteiger partial charge in [-0.2, -0.15) is 0 Å². The van der Waals surface area contributed by atoms with E-state index in [2.05, 4.69) is 31.4 Å². The fourth-order valence-corrected chi connectivity index (χ4v) is 2.05. The predicted molar refractivity (Wildman–Crippen MR) is 86.6 cm³/mol. The zero-order valence-electron chi connectivity index (χ0n) is 14.8. The first-order valence-corrected chi connectivity index (χ1v) is 7.94. The molecule has 0 aliphatic rings. The Hall–Kier alpha value is -0.810. The molecule has 2 atom stereocenters. The van der Waals surface area contributed by atoms with Crippen LogP contribution in [0.5, 0.6) is 0 Å². The highest BCUT2D eigenvalue weighted by Gasteiger charge is 2.19. The van der Waals surface area contributed by atoms with Crippen LogP contribution in [0.25, 0.3) is 0 Å². The molecular weight excluding hydrogens is 268 g/mol. The van der Waals surface area contributed by atoms with E-state index < -0.39 is 5.60 Å². The van der Waals surface area contributed by atoms with Gasteiger partial charge in [-0.25, -0.2) is 4.79 Å². The van der Waals surface area contributed by atoms with Gasteiger partial charge in [-0.1, -0.05) is 13.8 Å². The van der Waals surface area contributed by atoms with Crippen LogP contribution in [0.3, 0.4) is 0 Å². The Bertz CT molecular complexity index is 288. The summed E-state index contributed by atoms with van der Waals surface area (Å²) in [6.45, 7) is 16.0. The molecule has 0 spiro atoms. The molecule has 126 valence electrons. The summed E-state index contributed by atoms with van der Waals surface area (Å²) in [5, 5.41) is 6.35. The molecule has 0 radical (unpaired) electrons. The third-order valence-corrected chi connectivity index (χ3v) is 2.74. The minimum atomic E-state index is -0.465. The molecule has 0 fully saturated rings. The van der Waals surface area contributed by atoms with Crippen LogP contribution in [0, 0.1) is 5.92 Å². The van der Waals surface area contributed by atoms with Crippen molar-refractivity contribution in [2.24, 2.45) is 5.92 Å². The van der Waals surface area contributed by atoms with Crippen molar-refractivity contribution in [3.05, 3.63) is 0 Å². The van der Waals surface area contributed by atoms with E-state index in [9.17, 15) is 4.79 Å². The molecule has 0 aliphatic heterocycles. The Balaban J connectivity index is 4.26. The Morgan fingerprint density at radius 3 is 2.29 bits per heavy atom. The number of amides is 1. The molecule has 0 aromatic heterocycles. The first kappa shape index (κ1) is 20.2. The van der Waals surface area contributed by atoms with Gasteiger partial charge < -0.3 is 20.1 Å². The summed E-state index contributed by atoms with van der Waals surface area (Å²) in [5.74, 6) is 0.558. The van der Waals surface area contributed by atoms with Crippen LogP contribution >= 0.6 is 0 Å².